The maximum absolute atomic E-state index is 12.4. The van der Waals surface area contributed by atoms with Gasteiger partial charge in [0.1, 0.15) is 34.5 Å². The molecule has 5 rings (SSSR count). The molecule has 0 atom stereocenters. The molecule has 3 aromatic heterocycles. The first kappa shape index (κ1) is 28.6. The highest BCUT2D eigenvalue weighted by molar-refractivity contribution is 5.90. The summed E-state index contributed by atoms with van der Waals surface area (Å²) in [6, 6.07) is 17.6. The van der Waals surface area contributed by atoms with Crippen LogP contribution in [0.2, 0.25) is 0 Å². The van der Waals surface area contributed by atoms with Gasteiger partial charge in [0, 0.05) is 43.0 Å². The first-order chi connectivity index (χ1) is 19.9. The monoisotopic (exact) mass is 565 g/mol. The average Bonchev–Trinajstić information content (AvgIpc) is 3.32. The fourth-order valence-electron chi connectivity index (χ4n) is 4.55. The van der Waals surface area contributed by atoms with E-state index in [-0.39, 0.29) is 0 Å². The predicted molar refractivity (Wildman–Crippen MR) is 166 cm³/mol. The van der Waals surface area contributed by atoms with Gasteiger partial charge in [0.2, 0.25) is 0 Å². The van der Waals surface area contributed by atoms with Gasteiger partial charge in [0.05, 0.1) is 19.0 Å². The van der Waals surface area contributed by atoms with Gasteiger partial charge in [-0.25, -0.2) is 25.6 Å². The minimum Gasteiger partial charge on any atom is -0.494 e. The summed E-state index contributed by atoms with van der Waals surface area (Å²) in [5.41, 5.74) is 3.92. The van der Waals surface area contributed by atoms with Crippen LogP contribution in [0.25, 0.3) is 33.2 Å². The van der Waals surface area contributed by atoms with Crippen molar-refractivity contribution >= 4 is 34.2 Å². The van der Waals surface area contributed by atoms with Gasteiger partial charge < -0.3 is 14.0 Å². The number of anilines is 3. The Bertz CT molecular complexity index is 1760. The van der Waals surface area contributed by atoms with Crippen LogP contribution in [-0.2, 0) is 11.8 Å². The molecule has 0 aliphatic rings. The lowest BCUT2D eigenvalue weighted by Gasteiger charge is -2.24. The topological polar surface area (TPSA) is 112 Å². The van der Waals surface area contributed by atoms with E-state index in [0.717, 1.165) is 39.0 Å². The molecule has 216 valence electrons. The summed E-state index contributed by atoms with van der Waals surface area (Å²) in [6.45, 7) is 7.45. The normalized spacial score (nSPS) is 11.4. The van der Waals surface area contributed by atoms with E-state index >= 15 is 0 Å². The van der Waals surface area contributed by atoms with Crippen LogP contribution in [0.4, 0.5) is 22.1 Å². The molecule has 0 fully saturated rings. The summed E-state index contributed by atoms with van der Waals surface area (Å²) in [6.07, 6.45) is 4.92. The number of amides is 1. The van der Waals surface area contributed by atoms with E-state index in [0.29, 0.717) is 23.1 Å². The second kappa shape index (κ2) is 11.1. The Kier molecular flexibility index (Phi) is 7.57. The number of fused-ring (bicyclic) bond motifs is 1. The average molecular weight is 566 g/mol. The number of ether oxygens (including phenoxy) is 2. The molecule has 0 radical (unpaired) electrons. The molecule has 1 amide bonds. The molecule has 0 aliphatic carbocycles. The van der Waals surface area contributed by atoms with Gasteiger partial charge in [-0.1, -0.05) is 18.2 Å². The van der Waals surface area contributed by atoms with Gasteiger partial charge in [-0.2, -0.15) is 0 Å². The van der Waals surface area contributed by atoms with Crippen LogP contribution in [0.15, 0.2) is 73.2 Å². The van der Waals surface area contributed by atoms with Crippen molar-refractivity contribution in [2.24, 2.45) is 12.9 Å². The SMILES string of the molecule is COc1cc(-c2cnc(C)n2C)ccc1N(N)c1cc2cc(-c3ccc(N(C)C(=O)OC(C)(C)C)nc3)ccc2cn1. The number of benzene rings is 2. The van der Waals surface area contributed by atoms with Crippen molar-refractivity contribution in [3.05, 3.63) is 79.0 Å². The van der Waals surface area contributed by atoms with Crippen LogP contribution in [-0.4, -0.2) is 45.4 Å². The first-order valence-corrected chi connectivity index (χ1v) is 13.5. The van der Waals surface area contributed by atoms with Crippen molar-refractivity contribution in [3.63, 3.8) is 0 Å². The van der Waals surface area contributed by atoms with E-state index in [1.807, 2.05) is 88.0 Å². The molecule has 5 aromatic rings. The Hall–Kier alpha value is -4.96. The Morgan fingerprint density at radius 3 is 2.21 bits per heavy atom. The van der Waals surface area contributed by atoms with Crippen LogP contribution in [0, 0.1) is 6.92 Å². The van der Waals surface area contributed by atoms with Crippen molar-refractivity contribution in [2.75, 3.05) is 24.1 Å². The second-order valence-electron chi connectivity index (χ2n) is 11.1. The van der Waals surface area contributed by atoms with E-state index in [4.69, 9.17) is 15.3 Å². The van der Waals surface area contributed by atoms with Gasteiger partial charge in [-0.05, 0) is 75.0 Å². The lowest BCUT2D eigenvalue weighted by molar-refractivity contribution is 0.0588. The van der Waals surface area contributed by atoms with Gasteiger partial charge in [0.25, 0.3) is 0 Å². The summed E-state index contributed by atoms with van der Waals surface area (Å²) in [7, 11) is 5.24. The van der Waals surface area contributed by atoms with Crippen molar-refractivity contribution in [3.8, 4) is 28.1 Å². The highest BCUT2D eigenvalue weighted by Crippen LogP contribution is 2.36. The first-order valence-electron chi connectivity index (χ1n) is 13.5. The lowest BCUT2D eigenvalue weighted by Crippen LogP contribution is -2.34. The third kappa shape index (κ3) is 5.75. The van der Waals surface area contributed by atoms with E-state index < -0.39 is 11.7 Å². The zero-order valence-corrected chi connectivity index (χ0v) is 24.9. The number of rotatable bonds is 6. The molecular formula is C32H35N7O3. The molecule has 10 heteroatoms. The fraction of sp³-hybridized carbons (Fsp3) is 0.250. The molecule has 0 bridgehead atoms. The van der Waals surface area contributed by atoms with Gasteiger partial charge in [0.15, 0.2) is 0 Å². The van der Waals surface area contributed by atoms with Crippen LogP contribution < -0.4 is 20.5 Å². The third-order valence-corrected chi connectivity index (χ3v) is 7.00. The Labute approximate surface area is 245 Å². The number of hydrogen-bond acceptors (Lipinski definition) is 8. The maximum atomic E-state index is 12.4. The van der Waals surface area contributed by atoms with Crippen LogP contribution in [0.1, 0.15) is 26.6 Å². The summed E-state index contributed by atoms with van der Waals surface area (Å²) >= 11 is 0. The van der Waals surface area contributed by atoms with E-state index in [2.05, 4.69) is 21.0 Å². The second-order valence-corrected chi connectivity index (χ2v) is 11.1. The minimum absolute atomic E-state index is 0.460. The molecule has 0 saturated carbocycles. The molecule has 0 spiro atoms. The van der Waals surface area contributed by atoms with Crippen molar-refractivity contribution < 1.29 is 14.3 Å². The number of imidazole rings is 1. The minimum atomic E-state index is -0.587. The van der Waals surface area contributed by atoms with Crippen LogP contribution in [0.3, 0.4) is 0 Å². The van der Waals surface area contributed by atoms with Crippen molar-refractivity contribution in [1.82, 2.24) is 19.5 Å². The number of nitrogens with two attached hydrogens (primary N) is 1. The lowest BCUT2D eigenvalue weighted by atomic mass is 10.0. The van der Waals surface area contributed by atoms with Gasteiger partial charge in [-0.15, -0.1) is 0 Å². The largest absolute Gasteiger partial charge is 0.494 e. The third-order valence-electron chi connectivity index (χ3n) is 7.00. The zero-order valence-electron chi connectivity index (χ0n) is 24.9. The number of hydrazine groups is 1. The standard InChI is InChI=1S/C32H35N7O3/c1-20-34-19-27(37(20)5)22-10-12-26(28(15-22)41-7)39(33)30-16-25-14-21(8-9-24(25)18-36-30)23-11-13-29(35-17-23)38(6)31(40)42-32(2,3)4/h8-19H,33H2,1-7H3. The molecular weight excluding hydrogens is 530 g/mol. The van der Waals surface area contributed by atoms with Crippen molar-refractivity contribution in [2.45, 2.75) is 33.3 Å². The van der Waals surface area contributed by atoms with Crippen molar-refractivity contribution in [1.29, 1.82) is 0 Å². The number of aryl methyl sites for hydroxylation is 1. The molecule has 2 N–H and O–H groups in total. The van der Waals surface area contributed by atoms with Crippen LogP contribution in [0.5, 0.6) is 5.75 Å². The summed E-state index contributed by atoms with van der Waals surface area (Å²) in [5.74, 6) is 9.19. The number of aromatic nitrogens is 4. The van der Waals surface area contributed by atoms with E-state index in [1.165, 1.54) is 9.91 Å². The molecule has 3 heterocycles. The number of hydrogen-bond donors (Lipinski definition) is 1. The Balaban J connectivity index is 1.41. The van der Waals surface area contributed by atoms with Gasteiger partial charge in [-0.3, -0.25) is 9.91 Å². The number of carbonyl (C=O) groups excluding carboxylic acids is 1. The zero-order chi connectivity index (χ0) is 30.2. The number of methoxy groups -OCH3 is 1. The summed E-state index contributed by atoms with van der Waals surface area (Å²) < 4.78 is 13.2. The Morgan fingerprint density at radius 2 is 1.57 bits per heavy atom. The summed E-state index contributed by atoms with van der Waals surface area (Å²) in [4.78, 5) is 27.3. The van der Waals surface area contributed by atoms with Gasteiger partial charge >= 0.3 is 6.09 Å². The molecule has 2 aromatic carbocycles. The molecule has 42 heavy (non-hydrogen) atoms. The quantitative estimate of drug-likeness (QED) is 0.186. The highest BCUT2D eigenvalue weighted by Gasteiger charge is 2.21. The number of nitrogens with zero attached hydrogens (tertiary/aromatic N) is 6. The van der Waals surface area contributed by atoms with E-state index in [9.17, 15) is 4.79 Å². The molecule has 0 saturated heterocycles. The predicted octanol–water partition coefficient (Wildman–Crippen LogP) is 6.40. The number of carbonyl (C=O) groups is 1. The number of pyridine rings is 2. The molecule has 0 unspecified atom stereocenters. The van der Waals surface area contributed by atoms with E-state index in [1.54, 1.807) is 32.6 Å². The molecule has 0 aliphatic heterocycles. The smallest absolute Gasteiger partial charge is 0.415 e. The maximum Gasteiger partial charge on any atom is 0.415 e. The fourth-order valence-corrected chi connectivity index (χ4v) is 4.55. The molecule has 10 nitrogen and oxygen atoms in total. The Morgan fingerprint density at radius 1 is 0.857 bits per heavy atom. The summed E-state index contributed by atoms with van der Waals surface area (Å²) in [5, 5.41) is 3.45. The van der Waals surface area contributed by atoms with Crippen LogP contribution >= 0.6 is 0 Å². The highest BCUT2D eigenvalue weighted by atomic mass is 16.6.